The number of benzene rings is 2. The molecule has 0 radical (unpaired) electrons. The lowest BCUT2D eigenvalue weighted by Crippen LogP contribution is -2.32. The van der Waals surface area contributed by atoms with Crippen LogP contribution in [0.25, 0.3) is 11.0 Å². The van der Waals surface area contributed by atoms with Crippen molar-refractivity contribution >= 4 is 16.7 Å². The first kappa shape index (κ1) is 16.7. The van der Waals surface area contributed by atoms with Crippen LogP contribution >= 0.6 is 0 Å². The smallest absolute Gasteiger partial charge is 0.336 e. The van der Waals surface area contributed by atoms with Gasteiger partial charge in [-0.1, -0.05) is 26.0 Å². The second-order valence-electron chi connectivity index (χ2n) is 7.04. The summed E-state index contributed by atoms with van der Waals surface area (Å²) in [7, 11) is 0. The number of fused-ring (bicyclic) bond motifs is 3. The van der Waals surface area contributed by atoms with Crippen molar-refractivity contribution in [2.45, 2.75) is 39.7 Å². The fourth-order valence-electron chi connectivity index (χ4n) is 3.51. The SMILES string of the molecule is CCC(C)c1ccc(N2COc3ccc4c(C)cc(=O)oc4c3C2)cc1. The average molecular weight is 349 g/mol. The quantitative estimate of drug-likeness (QED) is 0.626. The van der Waals surface area contributed by atoms with Crippen LogP contribution in [-0.4, -0.2) is 6.73 Å². The summed E-state index contributed by atoms with van der Waals surface area (Å²) in [4.78, 5) is 14.0. The molecule has 2 heterocycles. The molecule has 0 saturated heterocycles. The Morgan fingerprint density at radius 3 is 2.65 bits per heavy atom. The Hall–Kier alpha value is -2.75. The molecule has 0 aliphatic carbocycles. The normalized spacial score (nSPS) is 14.8. The van der Waals surface area contributed by atoms with Gasteiger partial charge in [0.25, 0.3) is 0 Å². The molecule has 4 nitrogen and oxygen atoms in total. The fraction of sp³-hybridized carbons (Fsp3) is 0.318. The highest BCUT2D eigenvalue weighted by Gasteiger charge is 2.22. The molecule has 1 atom stereocenters. The predicted octanol–water partition coefficient (Wildman–Crippen LogP) is 4.97. The lowest BCUT2D eigenvalue weighted by molar-refractivity contribution is 0.289. The maximum absolute atomic E-state index is 11.9. The summed E-state index contributed by atoms with van der Waals surface area (Å²) < 4.78 is 11.5. The van der Waals surface area contributed by atoms with Crippen LogP contribution < -0.4 is 15.3 Å². The van der Waals surface area contributed by atoms with Crippen LogP contribution in [0, 0.1) is 6.92 Å². The van der Waals surface area contributed by atoms with E-state index in [0.717, 1.165) is 34.4 Å². The third kappa shape index (κ3) is 2.85. The summed E-state index contributed by atoms with van der Waals surface area (Å²) in [5, 5.41) is 0.959. The van der Waals surface area contributed by atoms with Gasteiger partial charge in [0.1, 0.15) is 11.3 Å². The second-order valence-corrected chi connectivity index (χ2v) is 7.04. The minimum atomic E-state index is -0.321. The van der Waals surface area contributed by atoms with Crippen LogP contribution in [0.3, 0.4) is 0 Å². The number of aryl methyl sites for hydroxylation is 1. The molecule has 3 aromatic rings. The summed E-state index contributed by atoms with van der Waals surface area (Å²) in [5.74, 6) is 1.35. The van der Waals surface area contributed by atoms with E-state index in [1.807, 2.05) is 19.1 Å². The molecule has 0 saturated carbocycles. The highest BCUT2D eigenvalue weighted by atomic mass is 16.5. The third-order valence-electron chi connectivity index (χ3n) is 5.34. The van der Waals surface area contributed by atoms with E-state index in [4.69, 9.17) is 9.15 Å². The van der Waals surface area contributed by atoms with Gasteiger partial charge in [-0.15, -0.1) is 0 Å². The van der Waals surface area contributed by atoms with Gasteiger partial charge in [-0.3, -0.25) is 0 Å². The molecule has 1 aliphatic rings. The maximum atomic E-state index is 11.9. The summed E-state index contributed by atoms with van der Waals surface area (Å²) in [5.41, 5.74) is 4.62. The zero-order valence-electron chi connectivity index (χ0n) is 15.4. The van der Waals surface area contributed by atoms with Gasteiger partial charge in [0.05, 0.1) is 12.1 Å². The Morgan fingerprint density at radius 1 is 1.15 bits per heavy atom. The van der Waals surface area contributed by atoms with Crippen molar-refractivity contribution in [3.05, 3.63) is 69.6 Å². The van der Waals surface area contributed by atoms with Gasteiger partial charge < -0.3 is 14.1 Å². The van der Waals surface area contributed by atoms with Crippen molar-refractivity contribution in [1.82, 2.24) is 0 Å². The lowest BCUT2D eigenvalue weighted by Gasteiger charge is -2.31. The Bertz CT molecular complexity index is 1000. The number of nitrogens with zero attached hydrogens (tertiary/aromatic N) is 1. The van der Waals surface area contributed by atoms with Gasteiger partial charge in [0.15, 0.2) is 6.73 Å². The first-order valence-corrected chi connectivity index (χ1v) is 9.11. The highest BCUT2D eigenvalue weighted by molar-refractivity contribution is 5.85. The van der Waals surface area contributed by atoms with E-state index in [0.29, 0.717) is 24.8 Å². The largest absolute Gasteiger partial charge is 0.473 e. The van der Waals surface area contributed by atoms with Gasteiger partial charge in [-0.05, 0) is 54.7 Å². The van der Waals surface area contributed by atoms with E-state index >= 15 is 0 Å². The second kappa shape index (κ2) is 6.52. The topological polar surface area (TPSA) is 42.7 Å². The first-order valence-electron chi connectivity index (χ1n) is 9.11. The average Bonchev–Trinajstić information content (AvgIpc) is 2.67. The molecule has 0 N–H and O–H groups in total. The number of rotatable bonds is 3. The Morgan fingerprint density at radius 2 is 1.92 bits per heavy atom. The molecule has 0 bridgehead atoms. The molecular weight excluding hydrogens is 326 g/mol. The van der Waals surface area contributed by atoms with Crippen molar-refractivity contribution in [3.63, 3.8) is 0 Å². The molecule has 4 heteroatoms. The minimum Gasteiger partial charge on any atom is -0.473 e. The summed E-state index contributed by atoms with van der Waals surface area (Å²) in [6.07, 6.45) is 1.13. The van der Waals surface area contributed by atoms with Gasteiger partial charge >= 0.3 is 5.63 Å². The van der Waals surface area contributed by atoms with Crippen LogP contribution in [0.1, 0.15) is 42.9 Å². The first-order chi connectivity index (χ1) is 12.6. The minimum absolute atomic E-state index is 0.321. The van der Waals surface area contributed by atoms with Crippen LogP contribution in [0.4, 0.5) is 5.69 Å². The van der Waals surface area contributed by atoms with Gasteiger partial charge in [-0.2, -0.15) is 0 Å². The Labute approximate surface area is 153 Å². The van der Waals surface area contributed by atoms with Crippen LogP contribution in [0.2, 0.25) is 0 Å². The zero-order valence-corrected chi connectivity index (χ0v) is 15.4. The Kier molecular flexibility index (Phi) is 4.19. The molecule has 0 fully saturated rings. The van der Waals surface area contributed by atoms with Gasteiger partial charge in [0, 0.05) is 17.1 Å². The Balaban J connectivity index is 1.71. The number of hydrogen-bond acceptors (Lipinski definition) is 4. The molecule has 2 aromatic carbocycles. The molecule has 1 aliphatic heterocycles. The summed E-state index contributed by atoms with van der Waals surface area (Å²) >= 11 is 0. The van der Waals surface area contributed by atoms with Gasteiger partial charge in [0.2, 0.25) is 0 Å². The molecule has 4 rings (SSSR count). The van der Waals surface area contributed by atoms with Crippen molar-refractivity contribution < 1.29 is 9.15 Å². The fourth-order valence-corrected chi connectivity index (χ4v) is 3.51. The van der Waals surface area contributed by atoms with Crippen molar-refractivity contribution in [2.24, 2.45) is 0 Å². The van der Waals surface area contributed by atoms with Crippen molar-refractivity contribution in [3.8, 4) is 5.75 Å². The van der Waals surface area contributed by atoms with Crippen LogP contribution in [-0.2, 0) is 6.54 Å². The third-order valence-corrected chi connectivity index (χ3v) is 5.34. The molecule has 134 valence electrons. The summed E-state index contributed by atoms with van der Waals surface area (Å²) in [6, 6.07) is 14.1. The molecule has 0 amide bonds. The monoisotopic (exact) mass is 349 g/mol. The lowest BCUT2D eigenvalue weighted by atomic mass is 9.98. The molecule has 26 heavy (non-hydrogen) atoms. The van der Waals surface area contributed by atoms with E-state index < -0.39 is 0 Å². The van der Waals surface area contributed by atoms with Crippen molar-refractivity contribution in [2.75, 3.05) is 11.6 Å². The molecule has 1 aromatic heterocycles. The molecule has 0 spiro atoms. The van der Waals surface area contributed by atoms with E-state index in [1.54, 1.807) is 0 Å². The number of hydrogen-bond donors (Lipinski definition) is 0. The predicted molar refractivity (Wildman–Crippen MR) is 104 cm³/mol. The summed E-state index contributed by atoms with van der Waals surface area (Å²) in [6.45, 7) is 7.51. The highest BCUT2D eigenvalue weighted by Crippen LogP contribution is 2.34. The van der Waals surface area contributed by atoms with Crippen LogP contribution in [0.5, 0.6) is 5.75 Å². The molecule has 1 unspecified atom stereocenters. The maximum Gasteiger partial charge on any atom is 0.336 e. The van der Waals surface area contributed by atoms with E-state index in [2.05, 4.69) is 43.0 Å². The van der Waals surface area contributed by atoms with E-state index in [9.17, 15) is 4.79 Å². The van der Waals surface area contributed by atoms with Gasteiger partial charge in [-0.25, -0.2) is 4.79 Å². The number of anilines is 1. The number of ether oxygens (including phenoxy) is 1. The van der Waals surface area contributed by atoms with Crippen molar-refractivity contribution in [1.29, 1.82) is 0 Å². The standard InChI is InChI=1S/C22H23NO3/c1-4-14(2)16-5-7-17(8-6-16)23-12-19-20(25-13-23)10-9-18-15(3)11-21(24)26-22(18)19/h5-11,14H,4,12-13H2,1-3H3. The zero-order chi connectivity index (χ0) is 18.3. The van der Waals surface area contributed by atoms with Crippen LogP contribution in [0.15, 0.2) is 51.7 Å². The van der Waals surface area contributed by atoms with E-state index in [-0.39, 0.29) is 5.63 Å². The molecular formula is C22H23NO3. The van der Waals surface area contributed by atoms with E-state index in [1.165, 1.54) is 11.6 Å².